The molecular weight excluding hydrogens is 372 g/mol. The molecule has 0 bridgehead atoms. The Morgan fingerprint density at radius 3 is 2.34 bits per heavy atom. The monoisotopic (exact) mass is 396 g/mol. The molecule has 1 aromatic carbocycles. The highest BCUT2D eigenvalue weighted by Crippen LogP contribution is 2.22. The summed E-state index contributed by atoms with van der Waals surface area (Å²) in [6.45, 7) is 3.83. The van der Waals surface area contributed by atoms with Gasteiger partial charge in [0.2, 0.25) is 5.91 Å². The van der Waals surface area contributed by atoms with Crippen LogP contribution in [-0.2, 0) is 4.79 Å². The lowest BCUT2D eigenvalue weighted by Crippen LogP contribution is -2.39. The topological polar surface area (TPSA) is 107 Å². The van der Waals surface area contributed by atoms with E-state index in [1.54, 1.807) is 18.2 Å². The molecule has 1 aromatic heterocycles. The summed E-state index contributed by atoms with van der Waals surface area (Å²) in [7, 11) is 0. The highest BCUT2D eigenvalue weighted by atomic mass is 16.6. The number of hydrogen-bond acceptors (Lipinski definition) is 6. The summed E-state index contributed by atoms with van der Waals surface area (Å²) >= 11 is 0. The maximum absolute atomic E-state index is 12.1. The fourth-order valence-corrected chi connectivity index (χ4v) is 3.35. The maximum atomic E-state index is 12.1. The molecule has 0 radical (unpaired) electrons. The van der Waals surface area contributed by atoms with Crippen molar-refractivity contribution in [1.29, 1.82) is 0 Å². The van der Waals surface area contributed by atoms with E-state index >= 15 is 0 Å². The third-order valence-corrected chi connectivity index (χ3v) is 4.79. The van der Waals surface area contributed by atoms with Gasteiger partial charge in [-0.1, -0.05) is 0 Å². The van der Waals surface area contributed by atoms with Crippen molar-refractivity contribution in [1.82, 2.24) is 15.3 Å². The van der Waals surface area contributed by atoms with Crippen LogP contribution in [0.2, 0.25) is 0 Å². The van der Waals surface area contributed by atoms with Crippen molar-refractivity contribution in [2.24, 2.45) is 0 Å². The van der Waals surface area contributed by atoms with Gasteiger partial charge in [0.1, 0.15) is 6.10 Å². The Bertz CT molecular complexity index is 883. The summed E-state index contributed by atoms with van der Waals surface area (Å²) in [4.78, 5) is 31.0. The summed E-state index contributed by atoms with van der Waals surface area (Å²) in [5.74, 6) is -0.176. The fourth-order valence-electron chi connectivity index (χ4n) is 3.35. The quantitative estimate of drug-likeness (QED) is 0.455. The van der Waals surface area contributed by atoms with Gasteiger partial charge in [-0.2, -0.15) is 0 Å². The van der Waals surface area contributed by atoms with Crippen LogP contribution in [-0.4, -0.2) is 32.9 Å². The first-order valence-corrected chi connectivity index (χ1v) is 9.61. The van der Waals surface area contributed by atoms with Gasteiger partial charge >= 0.3 is 6.01 Å². The van der Waals surface area contributed by atoms with Gasteiger partial charge in [0.15, 0.2) is 0 Å². The molecule has 2 aromatic rings. The predicted molar refractivity (Wildman–Crippen MR) is 108 cm³/mol. The largest absolute Gasteiger partial charge is 0.460 e. The number of rotatable bonds is 6. The first-order valence-electron chi connectivity index (χ1n) is 9.61. The molecule has 0 unspecified atom stereocenters. The number of amides is 1. The fraction of sp³-hybridized carbons (Fsp3) is 0.381. The van der Waals surface area contributed by atoms with Crippen LogP contribution in [0.3, 0.4) is 0 Å². The molecule has 29 heavy (non-hydrogen) atoms. The number of carbonyl (C=O) groups is 1. The van der Waals surface area contributed by atoms with Crippen LogP contribution >= 0.6 is 0 Å². The van der Waals surface area contributed by atoms with Crippen molar-refractivity contribution >= 4 is 17.7 Å². The minimum atomic E-state index is -0.452. The lowest BCUT2D eigenvalue weighted by molar-refractivity contribution is -0.384. The molecule has 3 rings (SSSR count). The second kappa shape index (κ2) is 9.27. The zero-order valence-corrected chi connectivity index (χ0v) is 16.5. The van der Waals surface area contributed by atoms with Crippen molar-refractivity contribution in [3.05, 3.63) is 63.5 Å². The SMILES string of the molecule is Cc1cc(C)nc(OC2CCC(NC(=O)/C=C/c3ccc([N+](=O)[O-])cc3)CC2)n1. The number of carbonyl (C=O) groups excluding carboxylic acids is 1. The molecule has 1 aliphatic rings. The minimum absolute atomic E-state index is 0.0248. The van der Waals surface area contributed by atoms with Crippen LogP contribution in [0.5, 0.6) is 6.01 Å². The summed E-state index contributed by atoms with van der Waals surface area (Å²) < 4.78 is 5.91. The van der Waals surface area contributed by atoms with Crippen molar-refractivity contribution in [3.8, 4) is 6.01 Å². The van der Waals surface area contributed by atoms with Crippen LogP contribution in [0.4, 0.5) is 5.69 Å². The number of nitrogens with zero attached hydrogens (tertiary/aromatic N) is 3. The predicted octanol–water partition coefficient (Wildman–Crippen LogP) is 3.52. The molecule has 1 N–H and O–H groups in total. The first kappa shape index (κ1) is 20.4. The molecule has 8 nitrogen and oxygen atoms in total. The molecule has 0 atom stereocenters. The van der Waals surface area contributed by atoms with Gasteiger partial charge in [0, 0.05) is 35.6 Å². The summed E-state index contributed by atoms with van der Waals surface area (Å²) in [6, 6.07) is 8.48. The van der Waals surface area contributed by atoms with Crippen LogP contribution in [0.15, 0.2) is 36.4 Å². The Labute approximate surface area is 169 Å². The van der Waals surface area contributed by atoms with Crippen molar-refractivity contribution in [2.45, 2.75) is 51.7 Å². The van der Waals surface area contributed by atoms with Gasteiger partial charge in [-0.15, -0.1) is 0 Å². The summed E-state index contributed by atoms with van der Waals surface area (Å²) in [5, 5.41) is 13.7. The second-order valence-electron chi connectivity index (χ2n) is 7.22. The molecule has 0 aliphatic heterocycles. The summed E-state index contributed by atoms with van der Waals surface area (Å²) in [6.07, 6.45) is 6.46. The number of nitro benzene ring substituents is 1. The van der Waals surface area contributed by atoms with Crippen molar-refractivity contribution in [3.63, 3.8) is 0 Å². The van der Waals surface area contributed by atoms with E-state index in [9.17, 15) is 14.9 Å². The van der Waals surface area contributed by atoms with Crippen molar-refractivity contribution < 1.29 is 14.5 Å². The lowest BCUT2D eigenvalue weighted by Gasteiger charge is -2.28. The van der Waals surface area contributed by atoms with E-state index in [1.807, 2.05) is 19.9 Å². The molecule has 1 amide bonds. The second-order valence-corrected chi connectivity index (χ2v) is 7.22. The number of non-ortho nitro benzene ring substituents is 1. The molecule has 0 spiro atoms. The van der Waals surface area contributed by atoms with E-state index in [0.29, 0.717) is 6.01 Å². The number of aromatic nitrogens is 2. The number of benzene rings is 1. The van der Waals surface area contributed by atoms with Crippen LogP contribution < -0.4 is 10.1 Å². The van der Waals surface area contributed by atoms with Gasteiger partial charge in [0.25, 0.3) is 5.69 Å². The minimum Gasteiger partial charge on any atom is -0.460 e. The number of nitro groups is 1. The molecule has 8 heteroatoms. The average Bonchev–Trinajstić information content (AvgIpc) is 2.67. The molecule has 1 aliphatic carbocycles. The zero-order chi connectivity index (χ0) is 20.8. The number of aryl methyl sites for hydroxylation is 2. The Morgan fingerprint density at radius 2 is 1.76 bits per heavy atom. The van der Waals surface area contributed by atoms with E-state index in [2.05, 4.69) is 15.3 Å². The molecule has 1 fully saturated rings. The van der Waals surface area contributed by atoms with Gasteiger partial charge in [-0.25, -0.2) is 9.97 Å². The normalized spacial score (nSPS) is 19.1. The maximum Gasteiger partial charge on any atom is 0.317 e. The van der Waals surface area contributed by atoms with Crippen LogP contribution in [0.25, 0.3) is 6.08 Å². The smallest absolute Gasteiger partial charge is 0.317 e. The Balaban J connectivity index is 1.45. The first-order chi connectivity index (χ1) is 13.9. The van der Waals surface area contributed by atoms with E-state index in [1.165, 1.54) is 18.2 Å². The Morgan fingerprint density at radius 1 is 1.14 bits per heavy atom. The van der Waals surface area contributed by atoms with Gasteiger partial charge in [0.05, 0.1) is 4.92 Å². The van der Waals surface area contributed by atoms with Gasteiger partial charge < -0.3 is 10.1 Å². The lowest BCUT2D eigenvalue weighted by atomic mass is 9.93. The zero-order valence-electron chi connectivity index (χ0n) is 16.5. The standard InChI is InChI=1S/C21H24N4O4/c1-14-13-15(2)23-21(22-14)29-19-10-6-17(7-11-19)24-20(26)12-5-16-3-8-18(9-4-16)25(27)28/h3-5,8-9,12-13,17,19H,6-7,10-11H2,1-2H3,(H,24,26)/b12-5+. The van der Waals surface area contributed by atoms with Crippen LogP contribution in [0, 0.1) is 24.0 Å². The molecule has 1 saturated carbocycles. The highest BCUT2D eigenvalue weighted by Gasteiger charge is 2.24. The third kappa shape index (κ3) is 6.10. The average molecular weight is 396 g/mol. The molecule has 0 saturated heterocycles. The van der Waals surface area contributed by atoms with Gasteiger partial charge in [-0.05, 0) is 69.4 Å². The molecule has 152 valence electrons. The molecule has 1 heterocycles. The number of nitrogens with one attached hydrogen (secondary N) is 1. The van der Waals surface area contributed by atoms with Gasteiger partial charge in [-0.3, -0.25) is 14.9 Å². The van der Waals surface area contributed by atoms with E-state index < -0.39 is 4.92 Å². The third-order valence-electron chi connectivity index (χ3n) is 4.79. The van der Waals surface area contributed by atoms with E-state index in [0.717, 1.165) is 42.6 Å². The van der Waals surface area contributed by atoms with E-state index in [4.69, 9.17) is 4.74 Å². The molecular formula is C21H24N4O4. The number of hydrogen-bond donors (Lipinski definition) is 1. The number of ether oxygens (including phenoxy) is 1. The van der Waals surface area contributed by atoms with Crippen LogP contribution in [0.1, 0.15) is 42.6 Å². The Kier molecular flexibility index (Phi) is 6.54. The Hall–Kier alpha value is -3.29. The van der Waals surface area contributed by atoms with E-state index in [-0.39, 0.29) is 23.7 Å². The van der Waals surface area contributed by atoms with Crippen molar-refractivity contribution in [2.75, 3.05) is 0 Å². The summed E-state index contributed by atoms with van der Waals surface area (Å²) in [5.41, 5.74) is 2.52. The highest BCUT2D eigenvalue weighted by molar-refractivity contribution is 5.91.